The molecule has 1 saturated heterocycles. The molecular formula is C9H14N4O2. The maximum absolute atomic E-state index is 11.5. The topological polar surface area (TPSA) is 65.0 Å². The summed E-state index contributed by atoms with van der Waals surface area (Å²) < 4.78 is 0. The number of carbonyl (C=O) groups is 2. The number of aliphatic imine (C=N–C) groups is 1. The Morgan fingerprint density at radius 2 is 2.27 bits per heavy atom. The summed E-state index contributed by atoms with van der Waals surface area (Å²) in [5, 5.41) is 3.03. The monoisotopic (exact) mass is 210 g/mol. The molecule has 0 aromatic heterocycles. The number of hydrogen-bond acceptors (Lipinski definition) is 6. The van der Waals surface area contributed by atoms with Crippen molar-refractivity contribution < 1.29 is 9.59 Å². The Morgan fingerprint density at radius 1 is 1.53 bits per heavy atom. The smallest absolute Gasteiger partial charge is 0.214 e. The first-order chi connectivity index (χ1) is 7.15. The third-order valence-electron chi connectivity index (χ3n) is 2.94. The summed E-state index contributed by atoms with van der Waals surface area (Å²) in [7, 11) is 3.78. The summed E-state index contributed by atoms with van der Waals surface area (Å²) in [5.74, 6) is -0.390. The quantitative estimate of drug-likeness (QED) is 0.434. The maximum atomic E-state index is 11.5. The van der Waals surface area contributed by atoms with Crippen molar-refractivity contribution in [1.29, 1.82) is 0 Å². The van der Waals surface area contributed by atoms with Crippen molar-refractivity contribution in [3.05, 3.63) is 0 Å². The van der Waals surface area contributed by atoms with Crippen molar-refractivity contribution in [3.8, 4) is 0 Å². The van der Waals surface area contributed by atoms with Crippen LogP contribution in [0.2, 0.25) is 0 Å². The number of hydrogen-bond donors (Lipinski definition) is 1. The number of aldehydes is 1. The van der Waals surface area contributed by atoms with Crippen molar-refractivity contribution >= 4 is 18.4 Å². The highest BCUT2D eigenvalue weighted by atomic mass is 16.2. The molecule has 0 aromatic rings. The average molecular weight is 210 g/mol. The van der Waals surface area contributed by atoms with Gasteiger partial charge in [-0.25, -0.2) is 0 Å². The second-order valence-corrected chi connectivity index (χ2v) is 4.00. The zero-order valence-electron chi connectivity index (χ0n) is 8.75. The van der Waals surface area contributed by atoms with E-state index in [4.69, 9.17) is 0 Å². The van der Waals surface area contributed by atoms with Crippen molar-refractivity contribution in [3.63, 3.8) is 0 Å². The van der Waals surface area contributed by atoms with E-state index in [1.165, 1.54) is 0 Å². The van der Waals surface area contributed by atoms with Crippen molar-refractivity contribution in [2.24, 2.45) is 4.99 Å². The van der Waals surface area contributed by atoms with Gasteiger partial charge in [0.25, 0.3) is 0 Å². The molecule has 0 aliphatic carbocycles. The Morgan fingerprint density at radius 3 is 2.93 bits per heavy atom. The first kappa shape index (κ1) is 10.3. The molecule has 0 spiro atoms. The molecule has 1 fully saturated rings. The lowest BCUT2D eigenvalue weighted by Gasteiger charge is -2.43. The molecule has 2 aliphatic rings. The molecule has 6 nitrogen and oxygen atoms in total. The standard InChI is InChI=1S/C9H14N4O2/c1-12-5-13(2)9-7(10-4-11-9)8(12)6(15)3-14/h3-4,7-9H,5H2,1-2H3,(H,10,11). The van der Waals surface area contributed by atoms with Crippen molar-refractivity contribution in [2.45, 2.75) is 18.2 Å². The minimum Gasteiger partial charge on any atom is -0.368 e. The van der Waals surface area contributed by atoms with E-state index in [9.17, 15) is 9.59 Å². The normalized spacial score (nSPS) is 36.0. The predicted octanol–water partition coefficient (Wildman–Crippen LogP) is -1.72. The summed E-state index contributed by atoms with van der Waals surface area (Å²) >= 11 is 0. The summed E-state index contributed by atoms with van der Waals surface area (Å²) in [6, 6.07) is -0.530. The predicted molar refractivity (Wildman–Crippen MR) is 54.5 cm³/mol. The molecule has 2 heterocycles. The van der Waals surface area contributed by atoms with Gasteiger partial charge in [0.05, 0.1) is 19.0 Å². The highest BCUT2D eigenvalue weighted by molar-refractivity contribution is 6.27. The van der Waals surface area contributed by atoms with Crippen LogP contribution in [0.4, 0.5) is 0 Å². The molecule has 2 aliphatic heterocycles. The number of fused-ring (bicyclic) bond motifs is 1. The van der Waals surface area contributed by atoms with Gasteiger partial charge in [-0.15, -0.1) is 0 Å². The van der Waals surface area contributed by atoms with Gasteiger partial charge in [-0.05, 0) is 14.1 Å². The SMILES string of the molecule is CN1CN(C)C(C(=O)C=O)C2NC=NC21. The average Bonchev–Trinajstić information content (AvgIpc) is 2.66. The largest absolute Gasteiger partial charge is 0.368 e. The molecule has 1 N–H and O–H groups in total. The molecule has 3 atom stereocenters. The van der Waals surface area contributed by atoms with Gasteiger partial charge in [0, 0.05) is 0 Å². The summed E-state index contributed by atoms with van der Waals surface area (Å²) in [6.45, 7) is 0.629. The van der Waals surface area contributed by atoms with Crippen LogP contribution in [0.15, 0.2) is 4.99 Å². The van der Waals surface area contributed by atoms with Gasteiger partial charge >= 0.3 is 0 Å². The van der Waals surface area contributed by atoms with E-state index in [-0.39, 0.29) is 12.2 Å². The lowest BCUT2D eigenvalue weighted by Crippen LogP contribution is -2.65. The van der Waals surface area contributed by atoms with E-state index in [2.05, 4.69) is 10.3 Å². The van der Waals surface area contributed by atoms with Crippen LogP contribution in [-0.2, 0) is 9.59 Å². The zero-order valence-corrected chi connectivity index (χ0v) is 8.75. The van der Waals surface area contributed by atoms with Gasteiger partial charge in [-0.3, -0.25) is 24.4 Å². The van der Waals surface area contributed by atoms with Crippen LogP contribution in [0.5, 0.6) is 0 Å². The van der Waals surface area contributed by atoms with Crippen LogP contribution in [-0.4, -0.2) is 67.2 Å². The number of nitrogens with zero attached hydrogens (tertiary/aromatic N) is 3. The first-order valence-corrected chi connectivity index (χ1v) is 4.82. The van der Waals surface area contributed by atoms with Crippen LogP contribution in [0.3, 0.4) is 0 Å². The summed E-state index contributed by atoms with van der Waals surface area (Å²) in [4.78, 5) is 30.2. The lowest BCUT2D eigenvalue weighted by molar-refractivity contribution is -0.136. The van der Waals surface area contributed by atoms with Crippen LogP contribution < -0.4 is 5.32 Å². The van der Waals surface area contributed by atoms with Crippen LogP contribution >= 0.6 is 0 Å². The van der Waals surface area contributed by atoms with Crippen LogP contribution in [0, 0.1) is 0 Å². The molecule has 6 heteroatoms. The molecule has 2 rings (SSSR count). The fraction of sp³-hybridized carbons (Fsp3) is 0.667. The van der Waals surface area contributed by atoms with E-state index in [0.29, 0.717) is 13.0 Å². The fourth-order valence-electron chi connectivity index (χ4n) is 2.29. The molecule has 3 unspecified atom stereocenters. The summed E-state index contributed by atoms with van der Waals surface area (Å²) in [6.07, 6.45) is 1.95. The van der Waals surface area contributed by atoms with Crippen LogP contribution in [0.1, 0.15) is 0 Å². The molecule has 0 aromatic carbocycles. The second-order valence-electron chi connectivity index (χ2n) is 4.00. The van der Waals surface area contributed by atoms with Gasteiger partial charge < -0.3 is 5.32 Å². The third kappa shape index (κ3) is 1.55. The van der Waals surface area contributed by atoms with Gasteiger partial charge in [0.15, 0.2) is 6.29 Å². The number of Topliss-reactive ketones (excluding diaryl/α,β-unsaturated/α-hetero) is 1. The minimum atomic E-state index is -0.411. The van der Waals surface area contributed by atoms with E-state index in [1.807, 2.05) is 23.9 Å². The Balaban J connectivity index is 2.23. The highest BCUT2D eigenvalue weighted by Gasteiger charge is 2.44. The maximum Gasteiger partial charge on any atom is 0.214 e. The van der Waals surface area contributed by atoms with Gasteiger partial charge in [0.1, 0.15) is 12.2 Å². The van der Waals surface area contributed by atoms with Gasteiger partial charge in [-0.2, -0.15) is 0 Å². The molecule has 82 valence electrons. The Labute approximate surface area is 87.9 Å². The fourth-order valence-corrected chi connectivity index (χ4v) is 2.29. The van der Waals surface area contributed by atoms with E-state index in [1.54, 1.807) is 6.34 Å². The molecular weight excluding hydrogens is 196 g/mol. The Kier molecular flexibility index (Phi) is 2.54. The highest BCUT2D eigenvalue weighted by Crippen LogP contribution is 2.21. The Bertz CT molecular complexity index is 317. The number of rotatable bonds is 2. The van der Waals surface area contributed by atoms with Crippen molar-refractivity contribution in [2.75, 3.05) is 20.8 Å². The number of carbonyl (C=O) groups excluding carboxylic acids is 2. The lowest BCUT2D eigenvalue weighted by atomic mass is 9.98. The zero-order chi connectivity index (χ0) is 11.0. The molecule has 0 amide bonds. The van der Waals surface area contributed by atoms with Crippen LogP contribution in [0.25, 0.3) is 0 Å². The third-order valence-corrected chi connectivity index (χ3v) is 2.94. The van der Waals surface area contributed by atoms with Crippen molar-refractivity contribution in [1.82, 2.24) is 15.1 Å². The van der Waals surface area contributed by atoms with E-state index in [0.717, 1.165) is 0 Å². The number of ketones is 1. The number of likely N-dealkylation sites (N-methyl/N-ethyl adjacent to an activating group) is 2. The molecule has 0 bridgehead atoms. The van der Waals surface area contributed by atoms with E-state index < -0.39 is 11.8 Å². The molecule has 0 saturated carbocycles. The summed E-state index contributed by atoms with van der Waals surface area (Å²) in [5.41, 5.74) is 0. The Hall–Kier alpha value is -1.27. The molecule has 15 heavy (non-hydrogen) atoms. The molecule has 0 radical (unpaired) electrons. The van der Waals surface area contributed by atoms with Gasteiger partial charge in [-0.1, -0.05) is 0 Å². The second kappa shape index (κ2) is 3.71. The number of nitrogens with one attached hydrogen (secondary N) is 1. The van der Waals surface area contributed by atoms with Gasteiger partial charge in [0.2, 0.25) is 5.78 Å². The minimum absolute atomic E-state index is 0.0462. The van der Waals surface area contributed by atoms with E-state index >= 15 is 0 Å². The first-order valence-electron chi connectivity index (χ1n) is 4.82.